The summed E-state index contributed by atoms with van der Waals surface area (Å²) < 4.78 is 0. The van der Waals surface area contributed by atoms with Crippen LogP contribution in [-0.4, -0.2) is 40.1 Å². The second-order valence-electron chi connectivity index (χ2n) is 6.41. The lowest BCUT2D eigenvalue weighted by molar-refractivity contribution is 0.0539. The average molecular weight is 284 g/mol. The summed E-state index contributed by atoms with van der Waals surface area (Å²) in [6, 6.07) is 7.81. The highest BCUT2D eigenvalue weighted by Gasteiger charge is 2.41. The summed E-state index contributed by atoms with van der Waals surface area (Å²) in [5.74, 6) is 0.844. The SMILES string of the molecule is O=C(c1ccc2cc[nH]c2c1)N1C[C@H]2CCC[C@@H](O)[C@H]2C1. The molecule has 0 spiro atoms. The van der Waals surface area contributed by atoms with Gasteiger partial charge in [0.15, 0.2) is 0 Å². The van der Waals surface area contributed by atoms with Gasteiger partial charge in [-0.1, -0.05) is 12.5 Å². The molecule has 1 aromatic carbocycles. The fraction of sp³-hybridized carbons (Fsp3) is 0.471. The van der Waals surface area contributed by atoms with E-state index in [2.05, 4.69) is 4.98 Å². The molecule has 1 saturated heterocycles. The Balaban J connectivity index is 1.57. The van der Waals surface area contributed by atoms with Gasteiger partial charge in [0.2, 0.25) is 0 Å². The Kier molecular flexibility index (Phi) is 3.00. The predicted molar refractivity (Wildman–Crippen MR) is 81.0 cm³/mol. The van der Waals surface area contributed by atoms with Crippen molar-refractivity contribution in [1.82, 2.24) is 9.88 Å². The number of carbonyl (C=O) groups is 1. The number of fused-ring (bicyclic) bond motifs is 2. The van der Waals surface area contributed by atoms with Gasteiger partial charge in [-0.15, -0.1) is 0 Å². The van der Waals surface area contributed by atoms with Gasteiger partial charge in [0.05, 0.1) is 6.10 Å². The van der Waals surface area contributed by atoms with Crippen LogP contribution >= 0.6 is 0 Å². The van der Waals surface area contributed by atoms with Crippen molar-refractivity contribution < 1.29 is 9.90 Å². The fourth-order valence-electron chi connectivity index (χ4n) is 3.97. The molecule has 1 amide bonds. The average Bonchev–Trinajstić information content (AvgIpc) is 3.12. The standard InChI is InChI=1S/C17H20N2O2/c20-16-3-1-2-13-9-19(10-14(13)16)17(21)12-5-4-11-6-7-18-15(11)8-12/h4-8,13-14,16,18,20H,1-3,9-10H2/t13-,14+,16-/m1/s1. The van der Waals surface area contributed by atoms with E-state index < -0.39 is 0 Å². The third-order valence-corrected chi connectivity index (χ3v) is 5.15. The zero-order valence-electron chi connectivity index (χ0n) is 12.0. The molecule has 2 aliphatic rings. The maximum Gasteiger partial charge on any atom is 0.253 e. The molecule has 2 fully saturated rings. The molecule has 1 aliphatic carbocycles. The van der Waals surface area contributed by atoms with E-state index in [1.165, 1.54) is 0 Å². The molecule has 2 aromatic rings. The van der Waals surface area contributed by atoms with Crippen LogP contribution in [0, 0.1) is 11.8 Å². The number of nitrogens with zero attached hydrogens (tertiary/aromatic N) is 1. The van der Waals surface area contributed by atoms with Gasteiger partial charge in [-0.05, 0) is 42.3 Å². The molecule has 2 N–H and O–H groups in total. The summed E-state index contributed by atoms with van der Waals surface area (Å²) in [4.78, 5) is 17.8. The van der Waals surface area contributed by atoms with Gasteiger partial charge in [0.1, 0.15) is 0 Å². The summed E-state index contributed by atoms with van der Waals surface area (Å²) in [7, 11) is 0. The van der Waals surface area contributed by atoms with Gasteiger partial charge < -0.3 is 15.0 Å². The molecule has 0 bridgehead atoms. The summed E-state index contributed by atoms with van der Waals surface area (Å²) in [5.41, 5.74) is 1.73. The monoisotopic (exact) mass is 284 g/mol. The number of amides is 1. The molecule has 110 valence electrons. The molecule has 1 aliphatic heterocycles. The molecule has 1 aromatic heterocycles. The van der Waals surface area contributed by atoms with Crippen molar-refractivity contribution in [2.75, 3.05) is 13.1 Å². The van der Waals surface area contributed by atoms with Gasteiger partial charge in [0, 0.05) is 36.3 Å². The smallest absolute Gasteiger partial charge is 0.253 e. The lowest BCUT2D eigenvalue weighted by atomic mass is 9.80. The number of H-pyrrole nitrogens is 1. The van der Waals surface area contributed by atoms with Crippen LogP contribution in [0.3, 0.4) is 0 Å². The summed E-state index contributed by atoms with van der Waals surface area (Å²) >= 11 is 0. The highest BCUT2D eigenvalue weighted by Crippen LogP contribution is 2.36. The van der Waals surface area contributed by atoms with E-state index in [1.807, 2.05) is 35.4 Å². The molecule has 4 nitrogen and oxygen atoms in total. The predicted octanol–water partition coefficient (Wildman–Crippen LogP) is 2.40. The summed E-state index contributed by atoms with van der Waals surface area (Å²) in [6.07, 6.45) is 4.77. The van der Waals surface area contributed by atoms with Gasteiger partial charge in [-0.3, -0.25) is 4.79 Å². The van der Waals surface area contributed by atoms with E-state index in [0.29, 0.717) is 12.5 Å². The Labute approximate surface area is 123 Å². The molecule has 1 saturated carbocycles. The van der Waals surface area contributed by atoms with Gasteiger partial charge in [0.25, 0.3) is 5.91 Å². The zero-order chi connectivity index (χ0) is 14.4. The van der Waals surface area contributed by atoms with Gasteiger partial charge >= 0.3 is 0 Å². The second-order valence-corrected chi connectivity index (χ2v) is 6.41. The Morgan fingerprint density at radius 1 is 1.24 bits per heavy atom. The number of likely N-dealkylation sites (tertiary alicyclic amines) is 1. The lowest BCUT2D eigenvalue weighted by Gasteiger charge is -2.28. The Hall–Kier alpha value is -1.81. The van der Waals surface area contributed by atoms with E-state index in [0.717, 1.165) is 42.3 Å². The van der Waals surface area contributed by atoms with E-state index in [-0.39, 0.29) is 17.9 Å². The molecule has 0 radical (unpaired) electrons. The first kappa shape index (κ1) is 12.9. The van der Waals surface area contributed by atoms with E-state index >= 15 is 0 Å². The molecule has 0 unspecified atom stereocenters. The van der Waals surface area contributed by atoms with Crippen molar-refractivity contribution in [3.05, 3.63) is 36.0 Å². The lowest BCUT2D eigenvalue weighted by Crippen LogP contribution is -2.32. The maximum atomic E-state index is 12.7. The Bertz CT molecular complexity index is 678. The number of benzene rings is 1. The van der Waals surface area contributed by atoms with Crippen molar-refractivity contribution in [3.63, 3.8) is 0 Å². The van der Waals surface area contributed by atoms with Gasteiger partial charge in [-0.25, -0.2) is 0 Å². The number of aliphatic hydroxyl groups excluding tert-OH is 1. The quantitative estimate of drug-likeness (QED) is 0.845. The van der Waals surface area contributed by atoms with E-state index in [1.54, 1.807) is 0 Å². The normalized spacial score (nSPS) is 28.8. The van der Waals surface area contributed by atoms with Crippen LogP contribution in [0.25, 0.3) is 10.9 Å². The largest absolute Gasteiger partial charge is 0.393 e. The number of aliphatic hydroxyl groups is 1. The van der Waals surface area contributed by atoms with Crippen molar-refractivity contribution in [1.29, 1.82) is 0 Å². The van der Waals surface area contributed by atoms with Crippen molar-refractivity contribution in [2.24, 2.45) is 11.8 Å². The maximum absolute atomic E-state index is 12.7. The summed E-state index contributed by atoms with van der Waals surface area (Å²) in [6.45, 7) is 1.50. The van der Waals surface area contributed by atoms with E-state index in [4.69, 9.17) is 0 Å². The van der Waals surface area contributed by atoms with Crippen LogP contribution in [0.1, 0.15) is 29.6 Å². The number of nitrogens with one attached hydrogen (secondary N) is 1. The molecule has 3 atom stereocenters. The number of hydrogen-bond donors (Lipinski definition) is 2. The molecular weight excluding hydrogens is 264 g/mol. The zero-order valence-corrected chi connectivity index (χ0v) is 12.0. The second kappa shape index (κ2) is 4.88. The van der Waals surface area contributed by atoms with Crippen LogP contribution in [-0.2, 0) is 0 Å². The minimum Gasteiger partial charge on any atom is -0.393 e. The molecule has 2 heterocycles. The third-order valence-electron chi connectivity index (χ3n) is 5.15. The molecule has 4 rings (SSSR count). The third kappa shape index (κ3) is 2.14. The first-order valence-electron chi connectivity index (χ1n) is 7.77. The first-order valence-corrected chi connectivity index (χ1v) is 7.77. The fourth-order valence-corrected chi connectivity index (χ4v) is 3.97. The van der Waals surface area contributed by atoms with Crippen LogP contribution < -0.4 is 0 Å². The van der Waals surface area contributed by atoms with Crippen molar-refractivity contribution in [3.8, 4) is 0 Å². The Morgan fingerprint density at radius 3 is 3.00 bits per heavy atom. The van der Waals surface area contributed by atoms with Crippen LogP contribution in [0.15, 0.2) is 30.5 Å². The molecule has 4 heteroatoms. The first-order chi connectivity index (χ1) is 10.2. The minimum absolute atomic E-state index is 0.0908. The number of aromatic nitrogens is 1. The highest BCUT2D eigenvalue weighted by molar-refractivity contribution is 5.98. The van der Waals surface area contributed by atoms with Crippen molar-refractivity contribution in [2.45, 2.75) is 25.4 Å². The van der Waals surface area contributed by atoms with Crippen LogP contribution in [0.4, 0.5) is 0 Å². The summed E-state index contributed by atoms with van der Waals surface area (Å²) in [5, 5.41) is 11.2. The highest BCUT2D eigenvalue weighted by atomic mass is 16.3. The van der Waals surface area contributed by atoms with Crippen LogP contribution in [0.5, 0.6) is 0 Å². The van der Waals surface area contributed by atoms with Gasteiger partial charge in [-0.2, -0.15) is 0 Å². The molecular formula is C17H20N2O2. The minimum atomic E-state index is -0.229. The van der Waals surface area contributed by atoms with E-state index in [9.17, 15) is 9.90 Å². The topological polar surface area (TPSA) is 56.3 Å². The van der Waals surface area contributed by atoms with Crippen LogP contribution in [0.2, 0.25) is 0 Å². The number of rotatable bonds is 1. The number of carbonyl (C=O) groups excluding carboxylic acids is 1. The number of hydrogen-bond acceptors (Lipinski definition) is 2. The molecule has 21 heavy (non-hydrogen) atoms. The Morgan fingerprint density at radius 2 is 2.14 bits per heavy atom. The number of aromatic amines is 1. The van der Waals surface area contributed by atoms with Crippen molar-refractivity contribution >= 4 is 16.8 Å².